The molecule has 126 valence electrons. The fourth-order valence-electron chi connectivity index (χ4n) is 2.76. The molecule has 1 fully saturated rings. The minimum absolute atomic E-state index is 0. The Balaban J connectivity index is 0.00000242. The van der Waals surface area contributed by atoms with Crippen LogP contribution in [0.25, 0.3) is 0 Å². The zero-order valence-corrected chi connectivity index (χ0v) is 16.1. The molecule has 0 saturated carbocycles. The third kappa shape index (κ3) is 6.12. The topological polar surface area (TPSA) is 56.9 Å². The van der Waals surface area contributed by atoms with Gasteiger partial charge in [0, 0.05) is 26.7 Å². The van der Waals surface area contributed by atoms with E-state index >= 15 is 0 Å². The summed E-state index contributed by atoms with van der Waals surface area (Å²) in [7, 11) is 6.03. The third-order valence-electron chi connectivity index (χ3n) is 4.14. The Morgan fingerprint density at radius 1 is 1.50 bits per heavy atom. The van der Waals surface area contributed by atoms with Crippen LogP contribution in [0.2, 0.25) is 0 Å². The van der Waals surface area contributed by atoms with Crippen molar-refractivity contribution in [1.29, 1.82) is 0 Å². The molecule has 1 N–H and O–H groups in total. The molecule has 1 aromatic rings. The van der Waals surface area contributed by atoms with Gasteiger partial charge in [-0.2, -0.15) is 0 Å². The highest BCUT2D eigenvalue weighted by atomic mass is 127. The summed E-state index contributed by atoms with van der Waals surface area (Å²) in [5, 5.41) is 7.37. The summed E-state index contributed by atoms with van der Waals surface area (Å²) in [6.45, 7) is 4.13. The van der Waals surface area contributed by atoms with E-state index in [0.29, 0.717) is 6.54 Å². The minimum atomic E-state index is 0. The summed E-state index contributed by atoms with van der Waals surface area (Å²) < 4.78 is 4.86. The first-order valence-electron chi connectivity index (χ1n) is 7.68. The number of aromatic nitrogens is 1. The Bertz CT molecular complexity index is 429. The van der Waals surface area contributed by atoms with Crippen molar-refractivity contribution in [2.75, 3.05) is 40.8 Å². The molecule has 7 heteroatoms. The number of likely N-dealkylation sites (tertiary alicyclic amines) is 1. The highest BCUT2D eigenvalue weighted by molar-refractivity contribution is 14.0. The number of hydrogen-bond donors (Lipinski definition) is 1. The van der Waals surface area contributed by atoms with Crippen LogP contribution in [0.15, 0.2) is 21.8 Å². The number of aliphatic imine (C=N–C) groups is 1. The van der Waals surface area contributed by atoms with E-state index in [-0.39, 0.29) is 24.0 Å². The SMILES string of the molecule is CN=C(NCCC1CCN(C)CC1)N(C)Cc1ccon1.I. The van der Waals surface area contributed by atoms with Crippen LogP contribution in [0.4, 0.5) is 0 Å². The smallest absolute Gasteiger partial charge is 0.193 e. The van der Waals surface area contributed by atoms with Gasteiger partial charge in [-0.15, -0.1) is 24.0 Å². The molecule has 1 saturated heterocycles. The molecule has 0 radical (unpaired) electrons. The minimum Gasteiger partial charge on any atom is -0.364 e. The molecule has 0 amide bonds. The predicted molar refractivity (Wildman–Crippen MR) is 99.6 cm³/mol. The number of nitrogens with zero attached hydrogens (tertiary/aromatic N) is 4. The van der Waals surface area contributed by atoms with Crippen molar-refractivity contribution in [2.45, 2.75) is 25.8 Å². The molecule has 0 unspecified atom stereocenters. The van der Waals surface area contributed by atoms with E-state index < -0.39 is 0 Å². The van der Waals surface area contributed by atoms with Gasteiger partial charge in [0.15, 0.2) is 5.96 Å². The number of halogens is 1. The first kappa shape index (κ1) is 19.2. The number of rotatable bonds is 5. The van der Waals surface area contributed by atoms with Gasteiger partial charge < -0.3 is 19.6 Å². The van der Waals surface area contributed by atoms with E-state index in [1.165, 1.54) is 32.4 Å². The van der Waals surface area contributed by atoms with Gasteiger partial charge in [0.05, 0.1) is 6.54 Å². The van der Waals surface area contributed by atoms with E-state index in [2.05, 4.69) is 32.3 Å². The lowest BCUT2D eigenvalue weighted by Gasteiger charge is -2.29. The summed E-state index contributed by atoms with van der Waals surface area (Å²) in [5.74, 6) is 1.75. The Morgan fingerprint density at radius 2 is 2.23 bits per heavy atom. The summed E-state index contributed by atoms with van der Waals surface area (Å²) >= 11 is 0. The molecule has 6 nitrogen and oxygen atoms in total. The molecule has 22 heavy (non-hydrogen) atoms. The fraction of sp³-hybridized carbons (Fsp3) is 0.733. The van der Waals surface area contributed by atoms with Crippen molar-refractivity contribution in [3.8, 4) is 0 Å². The van der Waals surface area contributed by atoms with Crippen molar-refractivity contribution in [3.05, 3.63) is 18.0 Å². The van der Waals surface area contributed by atoms with Crippen LogP contribution in [-0.4, -0.2) is 61.7 Å². The second-order valence-corrected chi connectivity index (χ2v) is 5.86. The fourth-order valence-corrected chi connectivity index (χ4v) is 2.76. The van der Waals surface area contributed by atoms with Crippen LogP contribution in [-0.2, 0) is 6.54 Å². The third-order valence-corrected chi connectivity index (χ3v) is 4.14. The van der Waals surface area contributed by atoms with Crippen molar-refractivity contribution in [2.24, 2.45) is 10.9 Å². The summed E-state index contributed by atoms with van der Waals surface area (Å²) in [6.07, 6.45) is 5.43. The van der Waals surface area contributed by atoms with E-state index in [1.54, 1.807) is 6.26 Å². The molecular weight excluding hydrogens is 393 g/mol. The van der Waals surface area contributed by atoms with Crippen molar-refractivity contribution >= 4 is 29.9 Å². The van der Waals surface area contributed by atoms with Gasteiger partial charge in [-0.1, -0.05) is 5.16 Å². The second kappa shape index (κ2) is 10.0. The van der Waals surface area contributed by atoms with E-state index in [9.17, 15) is 0 Å². The maximum absolute atomic E-state index is 4.86. The molecule has 0 bridgehead atoms. The quantitative estimate of drug-likeness (QED) is 0.448. The van der Waals surface area contributed by atoms with Crippen molar-refractivity contribution < 1.29 is 4.52 Å². The Kier molecular flexibility index (Phi) is 8.77. The van der Waals surface area contributed by atoms with Gasteiger partial charge in [-0.3, -0.25) is 4.99 Å². The van der Waals surface area contributed by atoms with Crippen LogP contribution in [0.1, 0.15) is 25.0 Å². The van der Waals surface area contributed by atoms with Gasteiger partial charge in [-0.25, -0.2) is 0 Å². The van der Waals surface area contributed by atoms with Gasteiger partial charge in [0.2, 0.25) is 0 Å². The highest BCUT2D eigenvalue weighted by Gasteiger charge is 2.16. The standard InChI is InChI=1S/C15H27N5O.HI/c1-16-15(20(3)12-14-7-11-21-18-14)17-8-4-13-5-9-19(2)10-6-13;/h7,11,13H,4-6,8-10,12H2,1-3H3,(H,16,17);1H. The Morgan fingerprint density at radius 3 is 2.82 bits per heavy atom. The first-order chi connectivity index (χ1) is 10.2. The highest BCUT2D eigenvalue weighted by Crippen LogP contribution is 2.18. The number of hydrogen-bond acceptors (Lipinski definition) is 4. The Hall–Kier alpha value is -0.830. The molecule has 1 aliphatic heterocycles. The normalized spacial score (nSPS) is 17.1. The molecular formula is C15H28IN5O. The second-order valence-electron chi connectivity index (χ2n) is 5.86. The molecule has 0 aliphatic carbocycles. The van der Waals surface area contributed by atoms with Crippen molar-refractivity contribution in [3.63, 3.8) is 0 Å². The van der Waals surface area contributed by atoms with Gasteiger partial charge in [0.1, 0.15) is 12.0 Å². The zero-order chi connectivity index (χ0) is 15.1. The molecule has 1 aliphatic rings. The van der Waals surface area contributed by atoms with Gasteiger partial charge >= 0.3 is 0 Å². The van der Waals surface area contributed by atoms with Crippen LogP contribution in [0.5, 0.6) is 0 Å². The average Bonchev–Trinajstić information content (AvgIpc) is 2.98. The van der Waals surface area contributed by atoms with E-state index in [1.807, 2.05) is 20.2 Å². The predicted octanol–water partition coefficient (Wildman–Crippen LogP) is 2.03. The Labute approximate surface area is 150 Å². The molecule has 1 aromatic heterocycles. The van der Waals surface area contributed by atoms with Crippen LogP contribution in [0.3, 0.4) is 0 Å². The lowest BCUT2D eigenvalue weighted by molar-refractivity contribution is 0.212. The monoisotopic (exact) mass is 421 g/mol. The molecule has 2 heterocycles. The molecule has 0 spiro atoms. The summed E-state index contributed by atoms with van der Waals surface area (Å²) in [5.41, 5.74) is 0.913. The summed E-state index contributed by atoms with van der Waals surface area (Å²) in [4.78, 5) is 8.80. The maximum atomic E-state index is 4.86. The maximum Gasteiger partial charge on any atom is 0.193 e. The van der Waals surface area contributed by atoms with Crippen LogP contribution < -0.4 is 5.32 Å². The largest absolute Gasteiger partial charge is 0.364 e. The lowest BCUT2D eigenvalue weighted by Crippen LogP contribution is -2.40. The van der Waals surface area contributed by atoms with Crippen LogP contribution in [0, 0.1) is 5.92 Å². The van der Waals surface area contributed by atoms with Gasteiger partial charge in [-0.05, 0) is 45.3 Å². The average molecular weight is 421 g/mol. The van der Waals surface area contributed by atoms with Crippen LogP contribution >= 0.6 is 24.0 Å². The molecule has 2 rings (SSSR count). The lowest BCUT2D eigenvalue weighted by atomic mass is 9.94. The molecule has 0 aromatic carbocycles. The number of nitrogens with one attached hydrogen (secondary N) is 1. The summed E-state index contributed by atoms with van der Waals surface area (Å²) in [6, 6.07) is 1.88. The van der Waals surface area contributed by atoms with E-state index in [4.69, 9.17) is 4.52 Å². The number of guanidine groups is 1. The van der Waals surface area contributed by atoms with E-state index in [0.717, 1.165) is 24.1 Å². The van der Waals surface area contributed by atoms with Crippen molar-refractivity contribution in [1.82, 2.24) is 20.3 Å². The number of piperidine rings is 1. The zero-order valence-electron chi connectivity index (χ0n) is 13.8. The first-order valence-corrected chi connectivity index (χ1v) is 7.68. The van der Waals surface area contributed by atoms with Gasteiger partial charge in [0.25, 0.3) is 0 Å². The molecule has 0 atom stereocenters.